The minimum Gasteiger partial charge on any atom is -0.475 e. The maximum atomic E-state index is 11.9. The Bertz CT molecular complexity index is 721. The van der Waals surface area contributed by atoms with E-state index in [2.05, 4.69) is 0 Å². The first kappa shape index (κ1) is 20.9. The molecule has 1 heterocycles. The Balaban J connectivity index is 0.000000412. The molecule has 0 aromatic heterocycles. The van der Waals surface area contributed by atoms with E-state index in [0.717, 1.165) is 5.56 Å². The van der Waals surface area contributed by atoms with Gasteiger partial charge in [-0.2, -0.15) is 13.2 Å². The first-order valence-electron chi connectivity index (χ1n) is 7.25. The van der Waals surface area contributed by atoms with Crippen LogP contribution in [0.25, 0.3) is 0 Å². The standard InChI is InChI=1S/C13H16N4O2.C2HF3O2/c14-11(15)9-3-1-2-8(6-9)7-17-5-4-10(12(16)18)13(17)19;3-2(4,5)1(6)7/h1-3,6,10H,4-5,7H2,(H3,14,15)(H2,16,18);(H,6,7). The highest BCUT2D eigenvalue weighted by Gasteiger charge is 2.38. The van der Waals surface area contributed by atoms with E-state index in [1.165, 1.54) is 0 Å². The number of carboxylic acid groups (broad SMARTS) is 1. The van der Waals surface area contributed by atoms with E-state index < -0.39 is 24.0 Å². The Morgan fingerprint density at radius 3 is 2.31 bits per heavy atom. The summed E-state index contributed by atoms with van der Waals surface area (Å²) in [7, 11) is 0. The third-order valence-corrected chi connectivity index (χ3v) is 3.49. The van der Waals surface area contributed by atoms with E-state index in [-0.39, 0.29) is 11.7 Å². The lowest BCUT2D eigenvalue weighted by Gasteiger charge is -2.16. The van der Waals surface area contributed by atoms with Crippen molar-refractivity contribution in [2.24, 2.45) is 17.4 Å². The van der Waals surface area contributed by atoms with Crippen molar-refractivity contribution in [2.45, 2.75) is 19.1 Å². The van der Waals surface area contributed by atoms with Crippen LogP contribution in [0, 0.1) is 11.3 Å². The number of carboxylic acids is 1. The lowest BCUT2D eigenvalue weighted by molar-refractivity contribution is -0.192. The molecule has 0 spiro atoms. The minimum absolute atomic E-state index is 0.00962. The number of carbonyl (C=O) groups excluding carboxylic acids is 2. The molecule has 2 rings (SSSR count). The van der Waals surface area contributed by atoms with Gasteiger partial charge in [-0.05, 0) is 18.1 Å². The highest BCUT2D eigenvalue weighted by molar-refractivity contribution is 6.01. The second kappa shape index (κ2) is 8.32. The van der Waals surface area contributed by atoms with Crippen molar-refractivity contribution in [2.75, 3.05) is 6.54 Å². The van der Waals surface area contributed by atoms with E-state index >= 15 is 0 Å². The van der Waals surface area contributed by atoms with Crippen molar-refractivity contribution in [1.82, 2.24) is 4.90 Å². The first-order valence-corrected chi connectivity index (χ1v) is 7.25. The second-order valence-electron chi connectivity index (χ2n) is 5.42. The average Bonchev–Trinajstić information content (AvgIpc) is 2.88. The summed E-state index contributed by atoms with van der Waals surface area (Å²) in [5.41, 5.74) is 12.1. The maximum Gasteiger partial charge on any atom is 0.490 e. The average molecular weight is 374 g/mol. The Hall–Kier alpha value is -3.11. The van der Waals surface area contributed by atoms with Crippen LogP contribution in [0.1, 0.15) is 17.5 Å². The predicted octanol–water partition coefficient (Wildman–Crippen LogP) is 0.438. The SMILES string of the molecule is N=C(N)c1cccc(CN2CCC(C(N)=O)C2=O)c1.O=C(O)C(F)(F)F. The van der Waals surface area contributed by atoms with Crippen molar-refractivity contribution in [3.8, 4) is 0 Å². The van der Waals surface area contributed by atoms with Crippen LogP contribution in [-0.2, 0) is 20.9 Å². The third kappa shape index (κ3) is 5.76. The zero-order valence-corrected chi connectivity index (χ0v) is 13.4. The van der Waals surface area contributed by atoms with Crippen molar-refractivity contribution < 1.29 is 32.7 Å². The van der Waals surface area contributed by atoms with E-state index in [1.807, 2.05) is 6.07 Å². The fourth-order valence-electron chi connectivity index (χ4n) is 2.22. The topological polar surface area (TPSA) is 151 Å². The molecule has 11 heteroatoms. The number of nitrogen functional groups attached to an aromatic ring is 1. The van der Waals surface area contributed by atoms with Crippen LogP contribution in [0.2, 0.25) is 0 Å². The van der Waals surface area contributed by atoms with Gasteiger partial charge >= 0.3 is 12.1 Å². The molecular formula is C15H17F3N4O4. The van der Waals surface area contributed by atoms with Crippen molar-refractivity contribution in [3.63, 3.8) is 0 Å². The molecule has 1 atom stereocenters. The molecule has 2 amide bonds. The number of hydrogen-bond acceptors (Lipinski definition) is 4. The van der Waals surface area contributed by atoms with Gasteiger partial charge in [0.2, 0.25) is 11.8 Å². The van der Waals surface area contributed by atoms with Crippen LogP contribution in [0.3, 0.4) is 0 Å². The molecule has 0 aliphatic carbocycles. The number of carbonyl (C=O) groups is 3. The molecular weight excluding hydrogens is 357 g/mol. The number of alkyl halides is 3. The number of rotatable bonds is 4. The highest BCUT2D eigenvalue weighted by Crippen LogP contribution is 2.20. The number of nitrogens with two attached hydrogens (primary N) is 2. The molecule has 6 N–H and O–H groups in total. The van der Waals surface area contributed by atoms with Crippen LogP contribution in [0.5, 0.6) is 0 Å². The number of benzene rings is 1. The number of aliphatic carboxylic acids is 1. The monoisotopic (exact) mass is 374 g/mol. The summed E-state index contributed by atoms with van der Waals surface area (Å²) >= 11 is 0. The fraction of sp³-hybridized carbons (Fsp3) is 0.333. The number of likely N-dealkylation sites (tertiary alicyclic amines) is 1. The molecule has 142 valence electrons. The fourth-order valence-corrected chi connectivity index (χ4v) is 2.22. The van der Waals surface area contributed by atoms with Crippen LogP contribution < -0.4 is 11.5 Å². The molecule has 26 heavy (non-hydrogen) atoms. The molecule has 0 bridgehead atoms. The number of halogens is 3. The van der Waals surface area contributed by atoms with Gasteiger partial charge in [0.25, 0.3) is 0 Å². The summed E-state index contributed by atoms with van der Waals surface area (Å²) in [6, 6.07) is 7.16. The first-order chi connectivity index (χ1) is 11.9. The largest absolute Gasteiger partial charge is 0.490 e. The van der Waals surface area contributed by atoms with E-state index in [4.69, 9.17) is 26.8 Å². The van der Waals surface area contributed by atoms with Crippen LogP contribution in [-0.4, -0.2) is 46.3 Å². The summed E-state index contributed by atoms with van der Waals surface area (Å²) in [6.45, 7) is 0.931. The summed E-state index contributed by atoms with van der Waals surface area (Å²) in [5.74, 6) is -4.25. The zero-order valence-electron chi connectivity index (χ0n) is 13.4. The van der Waals surface area contributed by atoms with Gasteiger partial charge in [0.15, 0.2) is 0 Å². The normalized spacial score (nSPS) is 16.7. The van der Waals surface area contributed by atoms with Gasteiger partial charge in [-0.25, -0.2) is 4.79 Å². The van der Waals surface area contributed by atoms with Gasteiger partial charge in [-0.1, -0.05) is 18.2 Å². The molecule has 1 fully saturated rings. The van der Waals surface area contributed by atoms with Crippen molar-refractivity contribution in [3.05, 3.63) is 35.4 Å². The van der Waals surface area contributed by atoms with Gasteiger partial charge in [0.05, 0.1) is 0 Å². The maximum absolute atomic E-state index is 11.9. The Kier molecular flexibility index (Phi) is 6.70. The lowest BCUT2D eigenvalue weighted by Crippen LogP contribution is -2.33. The summed E-state index contributed by atoms with van der Waals surface area (Å²) in [4.78, 5) is 33.5. The van der Waals surface area contributed by atoms with Gasteiger partial charge in [0, 0.05) is 18.7 Å². The molecule has 1 saturated heterocycles. The van der Waals surface area contributed by atoms with Gasteiger partial charge in [-0.15, -0.1) is 0 Å². The number of nitrogens with zero attached hydrogens (tertiary/aromatic N) is 1. The molecule has 1 aromatic rings. The number of nitrogens with one attached hydrogen (secondary N) is 1. The van der Waals surface area contributed by atoms with Gasteiger partial charge in [0.1, 0.15) is 11.8 Å². The van der Waals surface area contributed by atoms with E-state index in [1.54, 1.807) is 23.1 Å². The minimum atomic E-state index is -5.08. The second-order valence-corrected chi connectivity index (χ2v) is 5.42. The number of amides is 2. The Morgan fingerprint density at radius 1 is 1.31 bits per heavy atom. The number of hydrogen-bond donors (Lipinski definition) is 4. The zero-order chi connectivity index (χ0) is 20.1. The van der Waals surface area contributed by atoms with Crippen LogP contribution >= 0.6 is 0 Å². The molecule has 1 aliphatic rings. The Labute approximate surface area is 146 Å². The van der Waals surface area contributed by atoms with Crippen molar-refractivity contribution in [1.29, 1.82) is 5.41 Å². The third-order valence-electron chi connectivity index (χ3n) is 3.49. The molecule has 0 saturated carbocycles. The van der Waals surface area contributed by atoms with E-state index in [9.17, 15) is 22.8 Å². The van der Waals surface area contributed by atoms with Crippen molar-refractivity contribution >= 4 is 23.6 Å². The quantitative estimate of drug-likeness (QED) is 0.342. The van der Waals surface area contributed by atoms with E-state index in [0.29, 0.717) is 25.1 Å². The molecule has 1 unspecified atom stereocenters. The summed E-state index contributed by atoms with van der Waals surface area (Å²) in [6.07, 6.45) is -4.61. The molecule has 0 radical (unpaired) electrons. The highest BCUT2D eigenvalue weighted by atomic mass is 19.4. The number of amidine groups is 1. The molecule has 8 nitrogen and oxygen atoms in total. The summed E-state index contributed by atoms with van der Waals surface area (Å²) in [5, 5.41) is 14.5. The summed E-state index contributed by atoms with van der Waals surface area (Å²) < 4.78 is 31.7. The predicted molar refractivity (Wildman–Crippen MR) is 83.9 cm³/mol. The molecule has 1 aromatic carbocycles. The van der Waals surface area contributed by atoms with Crippen LogP contribution in [0.4, 0.5) is 13.2 Å². The number of primary amides is 1. The van der Waals surface area contributed by atoms with Crippen LogP contribution in [0.15, 0.2) is 24.3 Å². The smallest absolute Gasteiger partial charge is 0.475 e. The van der Waals surface area contributed by atoms with Gasteiger partial charge < -0.3 is 21.5 Å². The lowest BCUT2D eigenvalue weighted by atomic mass is 10.1. The Morgan fingerprint density at radius 2 is 1.88 bits per heavy atom. The van der Waals surface area contributed by atoms with Gasteiger partial charge in [-0.3, -0.25) is 15.0 Å². The molecule has 1 aliphatic heterocycles.